The summed E-state index contributed by atoms with van der Waals surface area (Å²) < 4.78 is 38.3. The van der Waals surface area contributed by atoms with Crippen molar-refractivity contribution in [2.75, 3.05) is 11.5 Å². The van der Waals surface area contributed by atoms with Gasteiger partial charge in [-0.1, -0.05) is 0 Å². The Morgan fingerprint density at radius 1 is 1.00 bits per heavy atom. The van der Waals surface area contributed by atoms with E-state index in [4.69, 9.17) is 9.47 Å². The summed E-state index contributed by atoms with van der Waals surface area (Å²) >= 11 is 2.12. The molecule has 1 heterocycles. The Balaban J connectivity index is 1.88. The smallest absolute Gasteiger partial charge is 0.261 e. The SMILES string of the molecule is O=S(=O)(Nc1ccc2c(c1)OCO2)c1ccc(I)cc1. The fourth-order valence-electron chi connectivity index (χ4n) is 1.79. The average Bonchev–Trinajstić information content (AvgIpc) is 2.86. The van der Waals surface area contributed by atoms with Crippen LogP contribution in [0.3, 0.4) is 0 Å². The molecule has 0 atom stereocenters. The van der Waals surface area contributed by atoms with E-state index in [0.717, 1.165) is 3.57 Å². The lowest BCUT2D eigenvalue weighted by molar-refractivity contribution is 0.174. The predicted octanol–water partition coefficient (Wildman–Crippen LogP) is 2.82. The van der Waals surface area contributed by atoms with Crippen molar-refractivity contribution in [2.45, 2.75) is 4.90 Å². The fraction of sp³-hybridized carbons (Fsp3) is 0.0769. The van der Waals surface area contributed by atoms with Crippen molar-refractivity contribution < 1.29 is 17.9 Å². The van der Waals surface area contributed by atoms with Gasteiger partial charge in [0.2, 0.25) is 6.79 Å². The Morgan fingerprint density at radius 2 is 1.70 bits per heavy atom. The number of fused-ring (bicyclic) bond motifs is 1. The minimum Gasteiger partial charge on any atom is -0.454 e. The van der Waals surface area contributed by atoms with Crippen LogP contribution in [0.25, 0.3) is 0 Å². The van der Waals surface area contributed by atoms with E-state index in [1.54, 1.807) is 42.5 Å². The van der Waals surface area contributed by atoms with Gasteiger partial charge in [0, 0.05) is 9.64 Å². The molecule has 1 aliphatic rings. The first-order chi connectivity index (χ1) is 9.54. The van der Waals surface area contributed by atoms with Crippen LogP contribution < -0.4 is 14.2 Å². The highest BCUT2D eigenvalue weighted by Gasteiger charge is 2.17. The Kier molecular flexibility index (Phi) is 3.47. The van der Waals surface area contributed by atoms with Crippen molar-refractivity contribution in [3.05, 3.63) is 46.0 Å². The van der Waals surface area contributed by atoms with Gasteiger partial charge in [-0.05, 0) is 59.0 Å². The van der Waals surface area contributed by atoms with Gasteiger partial charge in [-0.2, -0.15) is 0 Å². The van der Waals surface area contributed by atoms with Gasteiger partial charge in [0.15, 0.2) is 11.5 Å². The van der Waals surface area contributed by atoms with Gasteiger partial charge in [0.05, 0.1) is 10.6 Å². The maximum Gasteiger partial charge on any atom is 0.261 e. The molecule has 0 saturated carbocycles. The molecule has 2 aromatic rings. The average molecular weight is 403 g/mol. The monoisotopic (exact) mass is 403 g/mol. The molecule has 104 valence electrons. The number of ether oxygens (including phenoxy) is 2. The van der Waals surface area contributed by atoms with E-state index in [-0.39, 0.29) is 11.7 Å². The predicted molar refractivity (Wildman–Crippen MR) is 82.5 cm³/mol. The molecule has 0 bridgehead atoms. The second kappa shape index (κ2) is 5.13. The largest absolute Gasteiger partial charge is 0.454 e. The van der Waals surface area contributed by atoms with Gasteiger partial charge in [-0.3, -0.25) is 4.72 Å². The minimum absolute atomic E-state index is 0.155. The molecular weight excluding hydrogens is 393 g/mol. The number of halogens is 1. The summed E-state index contributed by atoms with van der Waals surface area (Å²) in [5.74, 6) is 1.15. The quantitative estimate of drug-likeness (QED) is 0.801. The van der Waals surface area contributed by atoms with Crippen LogP contribution in [-0.2, 0) is 10.0 Å². The summed E-state index contributed by atoms with van der Waals surface area (Å²) in [5, 5.41) is 0. The van der Waals surface area contributed by atoms with Crippen molar-refractivity contribution in [3.8, 4) is 11.5 Å². The zero-order valence-corrected chi connectivity index (χ0v) is 13.1. The molecular formula is C13H10INO4S. The lowest BCUT2D eigenvalue weighted by Crippen LogP contribution is -2.12. The zero-order chi connectivity index (χ0) is 14.2. The first kappa shape index (κ1) is 13.5. The third-order valence-corrected chi connectivity index (χ3v) is 4.87. The highest BCUT2D eigenvalue weighted by Crippen LogP contribution is 2.34. The van der Waals surface area contributed by atoms with Crippen LogP contribution >= 0.6 is 22.6 Å². The Hall–Kier alpha value is -1.48. The van der Waals surface area contributed by atoms with Crippen LogP contribution in [0.15, 0.2) is 47.4 Å². The summed E-state index contributed by atoms with van der Waals surface area (Å²) in [7, 11) is -3.60. The second-order valence-electron chi connectivity index (χ2n) is 4.13. The van der Waals surface area contributed by atoms with Crippen LogP contribution in [0.1, 0.15) is 0 Å². The number of anilines is 1. The highest BCUT2D eigenvalue weighted by atomic mass is 127. The lowest BCUT2D eigenvalue weighted by atomic mass is 10.3. The van der Waals surface area contributed by atoms with E-state index in [0.29, 0.717) is 17.2 Å². The van der Waals surface area contributed by atoms with Gasteiger partial charge < -0.3 is 9.47 Å². The van der Waals surface area contributed by atoms with Gasteiger partial charge in [0.25, 0.3) is 10.0 Å². The second-order valence-corrected chi connectivity index (χ2v) is 7.06. The molecule has 7 heteroatoms. The van der Waals surface area contributed by atoms with E-state index in [2.05, 4.69) is 27.3 Å². The van der Waals surface area contributed by atoms with Crippen molar-refractivity contribution in [3.63, 3.8) is 0 Å². The first-order valence-electron chi connectivity index (χ1n) is 5.73. The first-order valence-corrected chi connectivity index (χ1v) is 8.29. The third-order valence-electron chi connectivity index (χ3n) is 2.75. The van der Waals surface area contributed by atoms with Crippen LogP contribution in [-0.4, -0.2) is 15.2 Å². The molecule has 3 rings (SSSR count). The fourth-order valence-corrected chi connectivity index (χ4v) is 3.20. The topological polar surface area (TPSA) is 64.6 Å². The molecule has 0 radical (unpaired) electrons. The summed E-state index contributed by atoms with van der Waals surface area (Å²) in [6, 6.07) is 11.5. The molecule has 0 fully saturated rings. The van der Waals surface area contributed by atoms with Gasteiger partial charge >= 0.3 is 0 Å². The van der Waals surface area contributed by atoms with E-state index >= 15 is 0 Å². The van der Waals surface area contributed by atoms with Crippen molar-refractivity contribution in [1.29, 1.82) is 0 Å². The molecule has 0 spiro atoms. The maximum absolute atomic E-state index is 12.2. The van der Waals surface area contributed by atoms with E-state index < -0.39 is 10.0 Å². The van der Waals surface area contributed by atoms with E-state index in [1.807, 2.05) is 0 Å². The van der Waals surface area contributed by atoms with Crippen molar-refractivity contribution in [2.24, 2.45) is 0 Å². The standard InChI is InChI=1S/C13H10INO4S/c14-9-1-4-11(5-2-9)20(16,17)15-10-3-6-12-13(7-10)19-8-18-12/h1-7,15H,8H2. The lowest BCUT2D eigenvalue weighted by Gasteiger charge is -2.08. The molecule has 5 nitrogen and oxygen atoms in total. The number of hydrogen-bond donors (Lipinski definition) is 1. The number of sulfonamides is 1. The van der Waals surface area contributed by atoms with Crippen LogP contribution in [0, 0.1) is 3.57 Å². The van der Waals surface area contributed by atoms with Crippen LogP contribution in [0.4, 0.5) is 5.69 Å². The van der Waals surface area contributed by atoms with Crippen LogP contribution in [0.2, 0.25) is 0 Å². The molecule has 0 amide bonds. The van der Waals surface area contributed by atoms with Gasteiger partial charge in [-0.25, -0.2) is 8.42 Å². The van der Waals surface area contributed by atoms with Crippen LogP contribution in [0.5, 0.6) is 11.5 Å². The van der Waals surface area contributed by atoms with Crippen molar-refractivity contribution in [1.82, 2.24) is 0 Å². The number of rotatable bonds is 3. The Morgan fingerprint density at radius 3 is 2.45 bits per heavy atom. The molecule has 0 saturated heterocycles. The Bertz CT molecular complexity index is 743. The van der Waals surface area contributed by atoms with Gasteiger partial charge in [-0.15, -0.1) is 0 Å². The third kappa shape index (κ3) is 2.68. The number of hydrogen-bond acceptors (Lipinski definition) is 4. The number of benzene rings is 2. The van der Waals surface area contributed by atoms with Gasteiger partial charge in [0.1, 0.15) is 0 Å². The summed E-state index contributed by atoms with van der Waals surface area (Å²) in [6.07, 6.45) is 0. The molecule has 1 N–H and O–H groups in total. The summed E-state index contributed by atoms with van der Waals surface area (Å²) in [6.45, 7) is 0.155. The normalized spacial score (nSPS) is 13.2. The molecule has 0 aliphatic carbocycles. The van der Waals surface area contributed by atoms with E-state index in [1.165, 1.54) is 0 Å². The summed E-state index contributed by atoms with van der Waals surface area (Å²) in [5.41, 5.74) is 0.438. The number of nitrogens with one attached hydrogen (secondary N) is 1. The zero-order valence-electron chi connectivity index (χ0n) is 10.2. The molecule has 0 unspecified atom stereocenters. The summed E-state index contributed by atoms with van der Waals surface area (Å²) in [4.78, 5) is 0.218. The molecule has 0 aromatic heterocycles. The molecule has 1 aliphatic heterocycles. The van der Waals surface area contributed by atoms with E-state index in [9.17, 15) is 8.42 Å². The maximum atomic E-state index is 12.2. The Labute approximate surface area is 130 Å². The molecule has 20 heavy (non-hydrogen) atoms. The van der Waals surface area contributed by atoms with Crippen molar-refractivity contribution >= 4 is 38.3 Å². The molecule has 2 aromatic carbocycles. The minimum atomic E-state index is -3.60. The highest BCUT2D eigenvalue weighted by molar-refractivity contribution is 14.1.